The summed E-state index contributed by atoms with van der Waals surface area (Å²) < 4.78 is 19.1. The van der Waals surface area contributed by atoms with Crippen molar-refractivity contribution in [3.8, 4) is 5.75 Å². The van der Waals surface area contributed by atoms with Crippen LogP contribution in [-0.2, 0) is 5.41 Å². The van der Waals surface area contributed by atoms with E-state index in [-0.39, 0.29) is 11.2 Å². The van der Waals surface area contributed by atoms with Gasteiger partial charge in [-0.15, -0.1) is 11.6 Å². The smallest absolute Gasteiger partial charge is 0.131 e. The molecule has 1 unspecified atom stereocenters. The zero-order chi connectivity index (χ0) is 15.6. The highest BCUT2D eigenvalue weighted by molar-refractivity contribution is 6.22. The van der Waals surface area contributed by atoms with E-state index in [0.29, 0.717) is 11.3 Å². The molecule has 112 valence electrons. The summed E-state index contributed by atoms with van der Waals surface area (Å²) in [5, 5.41) is -0.509. The molecule has 21 heavy (non-hydrogen) atoms. The zero-order valence-electron chi connectivity index (χ0n) is 12.8. The standard InChI is InChI=1S/C18H20ClFO/c1-18(2,3)13-7-5-12(6-8-13)17(19)15-10-9-14(21-4)11-16(15)20/h5-11,17H,1-4H3. The summed E-state index contributed by atoms with van der Waals surface area (Å²) in [4.78, 5) is 0. The number of halogens is 2. The van der Waals surface area contributed by atoms with Crippen molar-refractivity contribution in [2.24, 2.45) is 0 Å². The van der Waals surface area contributed by atoms with Gasteiger partial charge in [0, 0.05) is 11.6 Å². The maximum Gasteiger partial charge on any atom is 0.131 e. The number of rotatable bonds is 3. The van der Waals surface area contributed by atoms with E-state index in [1.54, 1.807) is 12.1 Å². The van der Waals surface area contributed by atoms with E-state index in [2.05, 4.69) is 20.8 Å². The van der Waals surface area contributed by atoms with Crippen molar-refractivity contribution in [1.82, 2.24) is 0 Å². The minimum atomic E-state index is -0.509. The Morgan fingerprint density at radius 2 is 1.67 bits per heavy atom. The number of methoxy groups -OCH3 is 1. The van der Waals surface area contributed by atoms with Gasteiger partial charge in [-0.25, -0.2) is 4.39 Å². The molecule has 0 spiro atoms. The van der Waals surface area contributed by atoms with E-state index in [0.717, 1.165) is 5.56 Å². The molecule has 2 aromatic carbocycles. The molecule has 1 nitrogen and oxygen atoms in total. The van der Waals surface area contributed by atoms with E-state index in [1.165, 1.54) is 18.7 Å². The molecule has 0 fully saturated rings. The number of alkyl halides is 1. The highest BCUT2D eigenvalue weighted by Crippen LogP contribution is 2.33. The van der Waals surface area contributed by atoms with Crippen LogP contribution in [0.5, 0.6) is 5.75 Å². The molecule has 3 heteroatoms. The molecule has 2 aromatic rings. The number of benzene rings is 2. The molecule has 0 aliphatic carbocycles. The van der Waals surface area contributed by atoms with Gasteiger partial charge in [0.25, 0.3) is 0 Å². The van der Waals surface area contributed by atoms with Crippen LogP contribution in [0.1, 0.15) is 42.8 Å². The molecule has 0 aliphatic heterocycles. The predicted octanol–water partition coefficient (Wildman–Crippen LogP) is 5.46. The Bertz CT molecular complexity index is 614. The van der Waals surface area contributed by atoms with E-state index in [9.17, 15) is 4.39 Å². The largest absolute Gasteiger partial charge is 0.497 e. The predicted molar refractivity (Wildman–Crippen MR) is 85.8 cm³/mol. The Morgan fingerprint density at radius 1 is 1.05 bits per heavy atom. The van der Waals surface area contributed by atoms with E-state index < -0.39 is 5.38 Å². The minimum absolute atomic E-state index is 0.0890. The van der Waals surface area contributed by atoms with Gasteiger partial charge in [0.15, 0.2) is 0 Å². The summed E-state index contributed by atoms with van der Waals surface area (Å²) in [5.74, 6) is 0.137. The molecule has 0 bridgehead atoms. The minimum Gasteiger partial charge on any atom is -0.497 e. The maximum atomic E-state index is 14.1. The van der Waals surface area contributed by atoms with Gasteiger partial charge < -0.3 is 4.74 Å². The van der Waals surface area contributed by atoms with Crippen LogP contribution in [0.2, 0.25) is 0 Å². The van der Waals surface area contributed by atoms with Crippen LogP contribution in [0.25, 0.3) is 0 Å². The van der Waals surface area contributed by atoms with Gasteiger partial charge >= 0.3 is 0 Å². The van der Waals surface area contributed by atoms with Crippen LogP contribution < -0.4 is 4.74 Å². The molecule has 0 N–H and O–H groups in total. The van der Waals surface area contributed by atoms with Crippen molar-refractivity contribution in [2.75, 3.05) is 7.11 Å². The Morgan fingerprint density at radius 3 is 2.14 bits per heavy atom. The lowest BCUT2D eigenvalue weighted by Crippen LogP contribution is -2.10. The fourth-order valence-electron chi connectivity index (χ4n) is 2.17. The SMILES string of the molecule is COc1ccc(C(Cl)c2ccc(C(C)(C)C)cc2)c(F)c1. The molecule has 0 saturated heterocycles. The van der Waals surface area contributed by atoms with Crippen molar-refractivity contribution in [2.45, 2.75) is 31.6 Å². The third-order valence-corrected chi connectivity index (χ3v) is 4.04. The Balaban J connectivity index is 2.30. The maximum absolute atomic E-state index is 14.1. The van der Waals surface area contributed by atoms with Crippen molar-refractivity contribution in [3.63, 3.8) is 0 Å². The normalized spacial score (nSPS) is 13.0. The fraction of sp³-hybridized carbons (Fsp3) is 0.333. The number of ether oxygens (including phenoxy) is 1. The van der Waals surface area contributed by atoms with Crippen LogP contribution in [-0.4, -0.2) is 7.11 Å². The molecule has 0 aliphatic rings. The molecule has 0 saturated carbocycles. The molecule has 0 amide bonds. The third kappa shape index (κ3) is 3.56. The topological polar surface area (TPSA) is 9.23 Å². The molecule has 0 aromatic heterocycles. The summed E-state index contributed by atoms with van der Waals surface area (Å²) in [5.41, 5.74) is 2.66. The number of hydrogen-bond acceptors (Lipinski definition) is 1. The number of hydrogen-bond donors (Lipinski definition) is 0. The van der Waals surface area contributed by atoms with Gasteiger partial charge in [-0.1, -0.05) is 51.1 Å². The zero-order valence-corrected chi connectivity index (χ0v) is 13.5. The lowest BCUT2D eigenvalue weighted by atomic mass is 9.86. The van der Waals surface area contributed by atoms with Gasteiger partial charge in [0.2, 0.25) is 0 Å². The van der Waals surface area contributed by atoms with Crippen LogP contribution >= 0.6 is 11.6 Å². The van der Waals surface area contributed by atoms with Gasteiger partial charge in [-0.3, -0.25) is 0 Å². The summed E-state index contributed by atoms with van der Waals surface area (Å²) >= 11 is 6.42. The molecular weight excluding hydrogens is 287 g/mol. The summed E-state index contributed by atoms with van der Waals surface area (Å²) in [6.07, 6.45) is 0. The van der Waals surface area contributed by atoms with Crippen molar-refractivity contribution in [3.05, 3.63) is 65.0 Å². The summed E-state index contributed by atoms with van der Waals surface area (Å²) in [6, 6.07) is 12.8. The Hall–Kier alpha value is -1.54. The first-order valence-corrected chi connectivity index (χ1v) is 7.34. The third-order valence-electron chi connectivity index (χ3n) is 3.55. The Labute approximate surface area is 130 Å². The van der Waals surface area contributed by atoms with Gasteiger partial charge in [-0.05, 0) is 22.6 Å². The van der Waals surface area contributed by atoms with Crippen molar-refractivity contribution >= 4 is 11.6 Å². The molecule has 0 heterocycles. The van der Waals surface area contributed by atoms with Gasteiger partial charge in [0.05, 0.1) is 12.5 Å². The quantitative estimate of drug-likeness (QED) is 0.684. The van der Waals surface area contributed by atoms with Crippen LogP contribution in [0, 0.1) is 5.82 Å². The fourth-order valence-corrected chi connectivity index (χ4v) is 2.49. The second kappa shape index (κ2) is 6.07. The molecular formula is C18H20ClFO. The van der Waals surface area contributed by atoms with E-state index >= 15 is 0 Å². The second-order valence-corrected chi connectivity index (χ2v) is 6.56. The van der Waals surface area contributed by atoms with Crippen LogP contribution in [0.15, 0.2) is 42.5 Å². The van der Waals surface area contributed by atoms with Crippen LogP contribution in [0.3, 0.4) is 0 Å². The van der Waals surface area contributed by atoms with E-state index in [4.69, 9.17) is 16.3 Å². The highest BCUT2D eigenvalue weighted by atomic mass is 35.5. The molecule has 2 rings (SSSR count). The van der Waals surface area contributed by atoms with E-state index in [1.807, 2.05) is 24.3 Å². The van der Waals surface area contributed by atoms with Crippen molar-refractivity contribution in [1.29, 1.82) is 0 Å². The Kier molecular flexibility index (Phi) is 4.58. The lowest BCUT2D eigenvalue weighted by molar-refractivity contribution is 0.410. The second-order valence-electron chi connectivity index (χ2n) is 6.12. The average Bonchev–Trinajstić information content (AvgIpc) is 2.45. The first kappa shape index (κ1) is 15.8. The van der Waals surface area contributed by atoms with Gasteiger partial charge in [0.1, 0.15) is 11.6 Å². The molecule has 1 atom stereocenters. The van der Waals surface area contributed by atoms with Crippen LogP contribution in [0.4, 0.5) is 4.39 Å². The van der Waals surface area contributed by atoms with Gasteiger partial charge in [-0.2, -0.15) is 0 Å². The molecule has 0 radical (unpaired) electrons. The van der Waals surface area contributed by atoms with Crippen molar-refractivity contribution < 1.29 is 9.13 Å². The first-order chi connectivity index (χ1) is 9.82. The lowest BCUT2D eigenvalue weighted by Gasteiger charge is -2.20. The summed E-state index contributed by atoms with van der Waals surface area (Å²) in [6.45, 7) is 6.47. The first-order valence-electron chi connectivity index (χ1n) is 6.91. The highest BCUT2D eigenvalue weighted by Gasteiger charge is 2.18. The average molecular weight is 307 g/mol. The monoisotopic (exact) mass is 306 g/mol. The summed E-state index contributed by atoms with van der Waals surface area (Å²) in [7, 11) is 1.51.